The van der Waals surface area contributed by atoms with Crippen molar-refractivity contribution >= 4 is 15.9 Å². The van der Waals surface area contributed by atoms with E-state index in [0.717, 1.165) is 10.9 Å². The van der Waals surface area contributed by atoms with Gasteiger partial charge in [-0.25, -0.2) is 0 Å². The summed E-state index contributed by atoms with van der Waals surface area (Å²) in [7, 11) is 0. The Morgan fingerprint density at radius 3 is 2.06 bits per heavy atom. The van der Waals surface area contributed by atoms with E-state index in [1.165, 1.54) is 17.0 Å². The van der Waals surface area contributed by atoms with E-state index >= 15 is 0 Å². The van der Waals surface area contributed by atoms with Crippen LogP contribution in [0.3, 0.4) is 0 Å². The maximum atomic E-state index is 12.9. The smallest absolute Gasteiger partial charge is 0.288 e. The Balaban J connectivity index is 2.27. The van der Waals surface area contributed by atoms with Gasteiger partial charge in [-0.2, -0.15) is 13.2 Å². The Bertz CT molecular complexity index is 356. The van der Waals surface area contributed by atoms with Gasteiger partial charge in [0.1, 0.15) is 6.04 Å². The molecule has 1 unspecified atom stereocenters. The molecule has 1 atom stereocenters. The summed E-state index contributed by atoms with van der Waals surface area (Å²) in [4.78, 5) is 1.46. The highest BCUT2D eigenvalue weighted by Gasteiger charge is 2.46. The summed E-state index contributed by atoms with van der Waals surface area (Å²) in [6, 6.07) is 4.90. The van der Waals surface area contributed by atoms with Crippen LogP contribution in [0, 0.1) is 0 Å². The van der Waals surface area contributed by atoms with Crippen LogP contribution in [-0.4, -0.2) is 24.2 Å². The van der Waals surface area contributed by atoms with Crippen LogP contribution in [0.15, 0.2) is 28.7 Å². The third-order valence-corrected chi connectivity index (χ3v) is 3.28. The van der Waals surface area contributed by atoms with Crippen molar-refractivity contribution in [3.63, 3.8) is 0 Å². The molecular formula is C11H11BrF3N. The average molecular weight is 294 g/mol. The topological polar surface area (TPSA) is 3.24 Å². The molecule has 5 heteroatoms. The van der Waals surface area contributed by atoms with Crippen LogP contribution in [-0.2, 0) is 0 Å². The zero-order valence-corrected chi connectivity index (χ0v) is 10.1. The molecule has 1 saturated heterocycles. The summed E-state index contributed by atoms with van der Waals surface area (Å²) in [6.07, 6.45) is -3.35. The lowest BCUT2D eigenvalue weighted by Crippen LogP contribution is -2.46. The van der Waals surface area contributed by atoms with E-state index in [-0.39, 0.29) is 0 Å². The van der Waals surface area contributed by atoms with Crippen molar-refractivity contribution in [2.45, 2.75) is 18.6 Å². The molecule has 0 aromatic heterocycles. The van der Waals surface area contributed by atoms with Crippen molar-refractivity contribution in [2.75, 3.05) is 13.1 Å². The van der Waals surface area contributed by atoms with Gasteiger partial charge >= 0.3 is 6.18 Å². The summed E-state index contributed by atoms with van der Waals surface area (Å²) in [5, 5.41) is 0. The quantitative estimate of drug-likeness (QED) is 0.803. The number of rotatable bonds is 2. The van der Waals surface area contributed by atoms with E-state index in [1.807, 2.05) is 0 Å². The number of nitrogens with zero attached hydrogens (tertiary/aromatic N) is 1. The van der Waals surface area contributed by atoms with Crippen LogP contribution in [0.2, 0.25) is 0 Å². The van der Waals surface area contributed by atoms with Crippen LogP contribution in [0.4, 0.5) is 13.2 Å². The highest BCUT2D eigenvalue weighted by atomic mass is 79.9. The fourth-order valence-electron chi connectivity index (χ4n) is 1.85. The van der Waals surface area contributed by atoms with Gasteiger partial charge in [0.05, 0.1) is 0 Å². The van der Waals surface area contributed by atoms with Crippen LogP contribution in [0.5, 0.6) is 0 Å². The molecule has 0 aliphatic carbocycles. The standard InChI is InChI=1S/C11H11BrF3N/c12-9-4-2-8(3-5-9)10(11(13,14)15)16-6-1-7-16/h2-5,10H,1,6-7H2. The molecule has 88 valence electrons. The minimum Gasteiger partial charge on any atom is -0.288 e. The van der Waals surface area contributed by atoms with Gasteiger partial charge in [-0.3, -0.25) is 4.90 Å². The zero-order chi connectivity index (χ0) is 11.8. The molecule has 1 heterocycles. The predicted octanol–water partition coefficient (Wildman–Crippen LogP) is 3.76. The predicted molar refractivity (Wildman–Crippen MR) is 59.1 cm³/mol. The van der Waals surface area contributed by atoms with E-state index in [9.17, 15) is 13.2 Å². The molecule has 0 saturated carbocycles. The molecule has 1 aliphatic heterocycles. The third kappa shape index (κ3) is 2.40. The fraction of sp³-hybridized carbons (Fsp3) is 0.455. The first-order valence-corrected chi connectivity index (χ1v) is 5.84. The Kier molecular flexibility index (Phi) is 3.26. The molecular weight excluding hydrogens is 283 g/mol. The molecule has 1 nitrogen and oxygen atoms in total. The first kappa shape index (κ1) is 11.9. The lowest BCUT2D eigenvalue weighted by molar-refractivity contribution is -0.195. The monoisotopic (exact) mass is 293 g/mol. The SMILES string of the molecule is FC(F)(F)C(c1ccc(Br)cc1)N1CCC1. The summed E-state index contributed by atoms with van der Waals surface area (Å²) < 4.78 is 39.6. The molecule has 0 radical (unpaired) electrons. The second-order valence-corrected chi connectivity index (χ2v) is 4.80. The molecule has 0 amide bonds. The van der Waals surface area contributed by atoms with Gasteiger partial charge in [0, 0.05) is 17.6 Å². The Morgan fingerprint density at radius 2 is 1.69 bits per heavy atom. The van der Waals surface area contributed by atoms with Crippen molar-refractivity contribution in [1.29, 1.82) is 0 Å². The normalized spacial score (nSPS) is 19.2. The average Bonchev–Trinajstić information content (AvgIpc) is 2.11. The molecule has 1 aromatic rings. The number of hydrogen-bond acceptors (Lipinski definition) is 1. The van der Waals surface area contributed by atoms with E-state index < -0.39 is 12.2 Å². The maximum absolute atomic E-state index is 12.9. The van der Waals surface area contributed by atoms with Gasteiger partial charge in [0.2, 0.25) is 0 Å². The van der Waals surface area contributed by atoms with Crippen molar-refractivity contribution in [1.82, 2.24) is 4.90 Å². The van der Waals surface area contributed by atoms with E-state index in [2.05, 4.69) is 15.9 Å². The molecule has 1 aliphatic rings. The number of benzene rings is 1. The van der Waals surface area contributed by atoms with E-state index in [1.54, 1.807) is 12.1 Å². The van der Waals surface area contributed by atoms with E-state index in [0.29, 0.717) is 18.7 Å². The van der Waals surface area contributed by atoms with Crippen molar-refractivity contribution in [2.24, 2.45) is 0 Å². The summed E-state index contributed by atoms with van der Waals surface area (Å²) in [5.41, 5.74) is 0.315. The van der Waals surface area contributed by atoms with Gasteiger partial charge < -0.3 is 0 Å². The molecule has 0 bridgehead atoms. The van der Waals surface area contributed by atoms with E-state index in [4.69, 9.17) is 0 Å². The Hall–Kier alpha value is -0.550. The molecule has 1 aromatic carbocycles. The number of likely N-dealkylation sites (tertiary alicyclic amines) is 1. The fourth-order valence-corrected chi connectivity index (χ4v) is 2.12. The highest BCUT2D eigenvalue weighted by Crippen LogP contribution is 2.40. The number of halogens is 4. The second kappa shape index (κ2) is 4.37. The summed E-state index contributed by atoms with van der Waals surface area (Å²) >= 11 is 3.22. The van der Waals surface area contributed by atoms with Crippen LogP contribution in [0.1, 0.15) is 18.0 Å². The largest absolute Gasteiger partial charge is 0.408 e. The lowest BCUT2D eigenvalue weighted by Gasteiger charge is -2.39. The third-order valence-electron chi connectivity index (χ3n) is 2.75. The lowest BCUT2D eigenvalue weighted by atomic mass is 10.0. The second-order valence-electron chi connectivity index (χ2n) is 3.89. The number of alkyl halides is 3. The van der Waals surface area contributed by atoms with Gasteiger partial charge in [-0.05, 0) is 24.1 Å². The summed E-state index contributed by atoms with van der Waals surface area (Å²) in [5.74, 6) is 0. The zero-order valence-electron chi connectivity index (χ0n) is 8.47. The molecule has 0 N–H and O–H groups in total. The van der Waals surface area contributed by atoms with Crippen molar-refractivity contribution < 1.29 is 13.2 Å². The first-order valence-electron chi connectivity index (χ1n) is 5.05. The molecule has 16 heavy (non-hydrogen) atoms. The first-order chi connectivity index (χ1) is 7.48. The number of hydrogen-bond donors (Lipinski definition) is 0. The maximum Gasteiger partial charge on any atom is 0.408 e. The van der Waals surface area contributed by atoms with Gasteiger partial charge in [0.25, 0.3) is 0 Å². The van der Waals surface area contributed by atoms with Crippen LogP contribution in [0.25, 0.3) is 0 Å². The minimum absolute atomic E-state index is 0.315. The van der Waals surface area contributed by atoms with Gasteiger partial charge in [-0.1, -0.05) is 28.1 Å². The minimum atomic E-state index is -4.20. The molecule has 2 rings (SSSR count). The molecule has 1 fully saturated rings. The van der Waals surface area contributed by atoms with Gasteiger partial charge in [-0.15, -0.1) is 0 Å². The molecule has 0 spiro atoms. The Morgan fingerprint density at radius 1 is 1.12 bits per heavy atom. The highest BCUT2D eigenvalue weighted by molar-refractivity contribution is 9.10. The van der Waals surface area contributed by atoms with Crippen molar-refractivity contribution in [3.8, 4) is 0 Å². The Labute approximate surface area is 100 Å². The van der Waals surface area contributed by atoms with Crippen LogP contribution >= 0.6 is 15.9 Å². The van der Waals surface area contributed by atoms with Gasteiger partial charge in [0.15, 0.2) is 0 Å². The van der Waals surface area contributed by atoms with Crippen LogP contribution < -0.4 is 0 Å². The van der Waals surface area contributed by atoms with Crippen molar-refractivity contribution in [3.05, 3.63) is 34.3 Å². The summed E-state index contributed by atoms with van der Waals surface area (Å²) in [6.45, 7) is 1.06.